The standard InChI is InChI=1S/C13H22N2O/c1-10-7-12(8-11(2)13(10)16)9-15(4)6-5-14-3/h7-8,14,16H,5-6,9H2,1-4H3. The molecule has 1 aromatic carbocycles. The number of hydrogen-bond donors (Lipinski definition) is 2. The molecule has 3 nitrogen and oxygen atoms in total. The number of rotatable bonds is 5. The Bertz CT molecular complexity index is 327. The Morgan fingerprint density at radius 1 is 1.25 bits per heavy atom. The van der Waals surface area contributed by atoms with E-state index < -0.39 is 0 Å². The van der Waals surface area contributed by atoms with Crippen molar-refractivity contribution < 1.29 is 5.11 Å². The highest BCUT2D eigenvalue weighted by Crippen LogP contribution is 2.23. The first kappa shape index (κ1) is 13.0. The molecule has 3 heteroatoms. The normalized spacial score (nSPS) is 11.1. The lowest BCUT2D eigenvalue weighted by Gasteiger charge is -2.17. The zero-order valence-corrected chi connectivity index (χ0v) is 10.7. The molecule has 0 unspecified atom stereocenters. The third-order valence-electron chi connectivity index (χ3n) is 2.75. The number of phenolic OH excluding ortho intramolecular Hbond substituents is 1. The molecule has 0 aromatic heterocycles. The summed E-state index contributed by atoms with van der Waals surface area (Å²) in [5.74, 6) is 0.418. The highest BCUT2D eigenvalue weighted by molar-refractivity contribution is 5.42. The average Bonchev–Trinajstić information content (AvgIpc) is 2.23. The van der Waals surface area contributed by atoms with Crippen LogP contribution < -0.4 is 5.32 Å². The SMILES string of the molecule is CNCCN(C)Cc1cc(C)c(O)c(C)c1. The monoisotopic (exact) mass is 222 g/mol. The molecular weight excluding hydrogens is 200 g/mol. The molecule has 0 radical (unpaired) electrons. The maximum Gasteiger partial charge on any atom is 0.121 e. The number of nitrogens with one attached hydrogen (secondary N) is 1. The Balaban J connectivity index is 2.67. The van der Waals surface area contributed by atoms with Gasteiger partial charge in [-0.05, 0) is 44.6 Å². The average molecular weight is 222 g/mol. The van der Waals surface area contributed by atoms with Crippen LogP contribution in [0.25, 0.3) is 0 Å². The van der Waals surface area contributed by atoms with Crippen molar-refractivity contribution in [3.05, 3.63) is 28.8 Å². The molecule has 0 spiro atoms. The summed E-state index contributed by atoms with van der Waals surface area (Å²) in [7, 11) is 4.07. The number of aryl methyl sites for hydroxylation is 2. The van der Waals surface area contributed by atoms with Crippen molar-refractivity contribution >= 4 is 0 Å². The molecule has 1 rings (SSSR count). The molecule has 16 heavy (non-hydrogen) atoms. The summed E-state index contributed by atoms with van der Waals surface area (Å²) in [6, 6.07) is 4.11. The van der Waals surface area contributed by atoms with E-state index in [0.29, 0.717) is 5.75 Å². The lowest BCUT2D eigenvalue weighted by Crippen LogP contribution is -2.26. The molecule has 0 aliphatic carbocycles. The van der Waals surface area contributed by atoms with Crippen molar-refractivity contribution in [3.8, 4) is 5.75 Å². The van der Waals surface area contributed by atoms with Crippen LogP contribution in [-0.4, -0.2) is 37.2 Å². The van der Waals surface area contributed by atoms with E-state index in [9.17, 15) is 5.11 Å². The Morgan fingerprint density at radius 2 is 1.81 bits per heavy atom. The first-order chi connectivity index (χ1) is 7.54. The fourth-order valence-corrected chi connectivity index (χ4v) is 1.83. The fourth-order valence-electron chi connectivity index (χ4n) is 1.83. The summed E-state index contributed by atoms with van der Waals surface area (Å²) in [5.41, 5.74) is 3.17. The summed E-state index contributed by atoms with van der Waals surface area (Å²) in [5, 5.41) is 12.8. The molecule has 0 bridgehead atoms. The van der Waals surface area contributed by atoms with Gasteiger partial charge in [0.25, 0.3) is 0 Å². The van der Waals surface area contributed by atoms with Crippen LogP contribution in [-0.2, 0) is 6.54 Å². The van der Waals surface area contributed by atoms with Gasteiger partial charge in [0.2, 0.25) is 0 Å². The topological polar surface area (TPSA) is 35.5 Å². The molecule has 0 saturated heterocycles. The molecule has 2 N–H and O–H groups in total. The van der Waals surface area contributed by atoms with Crippen molar-refractivity contribution in [2.24, 2.45) is 0 Å². The van der Waals surface area contributed by atoms with E-state index in [0.717, 1.165) is 30.8 Å². The van der Waals surface area contributed by atoms with Crippen LogP contribution in [0.2, 0.25) is 0 Å². The van der Waals surface area contributed by atoms with E-state index in [1.54, 1.807) is 0 Å². The second kappa shape index (κ2) is 5.87. The lowest BCUT2D eigenvalue weighted by molar-refractivity contribution is 0.328. The van der Waals surface area contributed by atoms with Gasteiger partial charge in [0.15, 0.2) is 0 Å². The molecule has 0 fully saturated rings. The van der Waals surface area contributed by atoms with Gasteiger partial charge < -0.3 is 15.3 Å². The zero-order valence-electron chi connectivity index (χ0n) is 10.7. The summed E-state index contributed by atoms with van der Waals surface area (Å²) < 4.78 is 0. The van der Waals surface area contributed by atoms with Crippen LogP contribution in [0.15, 0.2) is 12.1 Å². The van der Waals surface area contributed by atoms with Crippen molar-refractivity contribution in [1.82, 2.24) is 10.2 Å². The minimum Gasteiger partial charge on any atom is -0.507 e. The van der Waals surface area contributed by atoms with E-state index in [2.05, 4.69) is 29.4 Å². The molecule has 0 aliphatic rings. The van der Waals surface area contributed by atoms with Crippen LogP contribution in [0.4, 0.5) is 0 Å². The van der Waals surface area contributed by atoms with Crippen molar-refractivity contribution in [2.45, 2.75) is 20.4 Å². The van der Waals surface area contributed by atoms with E-state index in [1.165, 1.54) is 5.56 Å². The van der Waals surface area contributed by atoms with Crippen molar-refractivity contribution in [1.29, 1.82) is 0 Å². The summed E-state index contributed by atoms with van der Waals surface area (Å²) in [6.07, 6.45) is 0. The van der Waals surface area contributed by atoms with Crippen LogP contribution in [0.1, 0.15) is 16.7 Å². The fraction of sp³-hybridized carbons (Fsp3) is 0.538. The first-order valence-corrected chi connectivity index (χ1v) is 5.67. The van der Waals surface area contributed by atoms with Gasteiger partial charge in [0, 0.05) is 19.6 Å². The van der Waals surface area contributed by atoms with Crippen molar-refractivity contribution in [2.75, 3.05) is 27.2 Å². The van der Waals surface area contributed by atoms with Gasteiger partial charge in [-0.15, -0.1) is 0 Å². The minimum atomic E-state index is 0.418. The van der Waals surface area contributed by atoms with Gasteiger partial charge in [0.1, 0.15) is 5.75 Å². The smallest absolute Gasteiger partial charge is 0.121 e. The Kier molecular flexibility index (Phi) is 4.77. The molecule has 0 atom stereocenters. The lowest BCUT2D eigenvalue weighted by atomic mass is 10.1. The predicted octanol–water partition coefficient (Wildman–Crippen LogP) is 1.66. The van der Waals surface area contributed by atoms with E-state index in [4.69, 9.17) is 0 Å². The number of hydrogen-bond acceptors (Lipinski definition) is 3. The molecule has 0 saturated carbocycles. The highest BCUT2D eigenvalue weighted by Gasteiger charge is 2.05. The second-order valence-corrected chi connectivity index (χ2v) is 4.42. The van der Waals surface area contributed by atoms with E-state index >= 15 is 0 Å². The van der Waals surface area contributed by atoms with E-state index in [1.807, 2.05) is 20.9 Å². The molecule has 0 amide bonds. The number of likely N-dealkylation sites (N-methyl/N-ethyl adjacent to an activating group) is 2. The quantitative estimate of drug-likeness (QED) is 0.795. The third-order valence-corrected chi connectivity index (χ3v) is 2.75. The van der Waals surface area contributed by atoms with Gasteiger partial charge in [-0.1, -0.05) is 12.1 Å². The molecule has 0 heterocycles. The number of aromatic hydroxyl groups is 1. The summed E-state index contributed by atoms with van der Waals surface area (Å²) >= 11 is 0. The molecular formula is C13H22N2O. The van der Waals surface area contributed by atoms with Crippen LogP contribution in [0.5, 0.6) is 5.75 Å². The summed E-state index contributed by atoms with van der Waals surface area (Å²) in [4.78, 5) is 2.27. The number of phenols is 1. The molecule has 90 valence electrons. The second-order valence-electron chi connectivity index (χ2n) is 4.42. The van der Waals surface area contributed by atoms with Crippen molar-refractivity contribution in [3.63, 3.8) is 0 Å². The Hall–Kier alpha value is -1.06. The zero-order chi connectivity index (χ0) is 12.1. The van der Waals surface area contributed by atoms with Gasteiger partial charge in [-0.25, -0.2) is 0 Å². The van der Waals surface area contributed by atoms with E-state index in [-0.39, 0.29) is 0 Å². The van der Waals surface area contributed by atoms with Gasteiger partial charge in [-0.3, -0.25) is 0 Å². The Morgan fingerprint density at radius 3 is 2.31 bits per heavy atom. The Labute approximate surface area is 98.1 Å². The summed E-state index contributed by atoms with van der Waals surface area (Å²) in [6.45, 7) is 6.82. The van der Waals surface area contributed by atoms with Crippen LogP contribution >= 0.6 is 0 Å². The molecule has 1 aromatic rings. The predicted molar refractivity (Wildman–Crippen MR) is 67.8 cm³/mol. The van der Waals surface area contributed by atoms with Crippen LogP contribution in [0.3, 0.4) is 0 Å². The minimum absolute atomic E-state index is 0.418. The van der Waals surface area contributed by atoms with Gasteiger partial charge >= 0.3 is 0 Å². The largest absolute Gasteiger partial charge is 0.507 e. The van der Waals surface area contributed by atoms with Gasteiger partial charge in [-0.2, -0.15) is 0 Å². The first-order valence-electron chi connectivity index (χ1n) is 5.67. The molecule has 0 aliphatic heterocycles. The van der Waals surface area contributed by atoms with Crippen LogP contribution in [0, 0.1) is 13.8 Å². The third kappa shape index (κ3) is 3.51. The highest BCUT2D eigenvalue weighted by atomic mass is 16.3. The maximum absolute atomic E-state index is 9.68. The number of nitrogens with zero attached hydrogens (tertiary/aromatic N) is 1. The maximum atomic E-state index is 9.68. The van der Waals surface area contributed by atoms with Gasteiger partial charge in [0.05, 0.1) is 0 Å². The number of benzene rings is 1.